The van der Waals surface area contributed by atoms with E-state index < -0.39 is 0 Å². The normalized spacial score (nSPS) is 19.8. The number of nitrogens with zero attached hydrogens (tertiary/aromatic N) is 3. The fourth-order valence-electron chi connectivity index (χ4n) is 4.34. The van der Waals surface area contributed by atoms with Gasteiger partial charge < -0.3 is 19.5 Å². The molecular formula is C23H30N4O2. The lowest BCUT2D eigenvalue weighted by Crippen LogP contribution is -2.53. The number of nitrogens with one attached hydrogen (secondary N) is 1. The molecule has 1 saturated heterocycles. The molecule has 4 rings (SSSR count). The summed E-state index contributed by atoms with van der Waals surface area (Å²) in [5.74, 6) is 1.83. The van der Waals surface area contributed by atoms with Crippen molar-refractivity contribution in [1.82, 2.24) is 15.1 Å². The summed E-state index contributed by atoms with van der Waals surface area (Å²) in [5.41, 5.74) is 2.95. The molecule has 0 radical (unpaired) electrons. The van der Waals surface area contributed by atoms with E-state index in [9.17, 15) is 4.79 Å². The van der Waals surface area contributed by atoms with E-state index in [0.29, 0.717) is 24.8 Å². The quantitative estimate of drug-likeness (QED) is 0.639. The molecule has 0 bridgehead atoms. The van der Waals surface area contributed by atoms with Gasteiger partial charge in [-0.25, -0.2) is 0 Å². The van der Waals surface area contributed by atoms with Crippen LogP contribution in [0.3, 0.4) is 0 Å². The van der Waals surface area contributed by atoms with Crippen molar-refractivity contribution < 1.29 is 9.21 Å². The lowest BCUT2D eigenvalue weighted by atomic mass is 9.83. The fraction of sp³-hybridized carbons (Fsp3) is 0.478. The Labute approximate surface area is 172 Å². The fourth-order valence-corrected chi connectivity index (χ4v) is 4.34. The van der Waals surface area contributed by atoms with E-state index in [-0.39, 0.29) is 5.91 Å². The van der Waals surface area contributed by atoms with Crippen molar-refractivity contribution in [1.29, 1.82) is 0 Å². The smallest absolute Gasteiger partial charge is 0.289 e. The number of aliphatic imine (C=N–C) groups is 1. The highest BCUT2D eigenvalue weighted by Crippen LogP contribution is 2.31. The van der Waals surface area contributed by atoms with Gasteiger partial charge in [0.05, 0.1) is 6.26 Å². The number of aryl methyl sites for hydroxylation is 1. The van der Waals surface area contributed by atoms with E-state index in [1.54, 1.807) is 18.4 Å². The second-order valence-corrected chi connectivity index (χ2v) is 7.74. The van der Waals surface area contributed by atoms with E-state index in [4.69, 9.17) is 9.41 Å². The summed E-state index contributed by atoms with van der Waals surface area (Å²) in [6, 6.07) is 12.3. The Morgan fingerprint density at radius 3 is 2.69 bits per heavy atom. The van der Waals surface area contributed by atoms with Crippen molar-refractivity contribution in [2.75, 3.05) is 39.3 Å². The van der Waals surface area contributed by atoms with Gasteiger partial charge in [-0.1, -0.05) is 24.3 Å². The van der Waals surface area contributed by atoms with Crippen LogP contribution in [0.2, 0.25) is 0 Å². The van der Waals surface area contributed by atoms with Crippen molar-refractivity contribution in [3.8, 4) is 0 Å². The van der Waals surface area contributed by atoms with Crippen molar-refractivity contribution >= 4 is 11.9 Å². The molecule has 1 atom stereocenters. The maximum Gasteiger partial charge on any atom is 0.289 e. The lowest BCUT2D eigenvalue weighted by molar-refractivity contribution is 0.0657. The molecule has 6 heteroatoms. The van der Waals surface area contributed by atoms with Gasteiger partial charge in [0.25, 0.3) is 5.91 Å². The van der Waals surface area contributed by atoms with Crippen LogP contribution >= 0.6 is 0 Å². The molecule has 6 nitrogen and oxygen atoms in total. The van der Waals surface area contributed by atoms with Gasteiger partial charge in [0.15, 0.2) is 11.7 Å². The van der Waals surface area contributed by atoms with Crippen LogP contribution in [0.15, 0.2) is 52.1 Å². The van der Waals surface area contributed by atoms with Crippen LogP contribution in [-0.4, -0.2) is 60.9 Å². The van der Waals surface area contributed by atoms with Crippen molar-refractivity contribution in [2.45, 2.75) is 32.1 Å². The minimum absolute atomic E-state index is 0.0320. The minimum atomic E-state index is -0.0320. The number of fused-ring (bicyclic) bond motifs is 1. The first-order valence-electron chi connectivity index (χ1n) is 10.7. The molecule has 29 heavy (non-hydrogen) atoms. The largest absolute Gasteiger partial charge is 0.459 e. The predicted molar refractivity (Wildman–Crippen MR) is 114 cm³/mol. The van der Waals surface area contributed by atoms with Crippen molar-refractivity contribution in [3.05, 3.63) is 59.5 Å². The molecule has 1 aromatic carbocycles. The van der Waals surface area contributed by atoms with Gasteiger partial charge in [-0.05, 0) is 49.4 Å². The van der Waals surface area contributed by atoms with Gasteiger partial charge >= 0.3 is 0 Å². The number of amides is 1. The van der Waals surface area contributed by atoms with Gasteiger partial charge in [-0.2, -0.15) is 0 Å². The van der Waals surface area contributed by atoms with Crippen LogP contribution in [0.25, 0.3) is 0 Å². The van der Waals surface area contributed by atoms with Gasteiger partial charge in [0.1, 0.15) is 0 Å². The molecule has 154 valence electrons. The van der Waals surface area contributed by atoms with Crippen LogP contribution in [0.1, 0.15) is 47.4 Å². The second-order valence-electron chi connectivity index (χ2n) is 7.74. The number of hydrogen-bond acceptors (Lipinski definition) is 3. The van der Waals surface area contributed by atoms with Crippen molar-refractivity contribution in [2.24, 2.45) is 4.99 Å². The second kappa shape index (κ2) is 9.16. The zero-order valence-corrected chi connectivity index (χ0v) is 17.1. The summed E-state index contributed by atoms with van der Waals surface area (Å²) in [5, 5.41) is 3.44. The molecule has 1 N–H and O–H groups in total. The Kier molecular flexibility index (Phi) is 6.17. The van der Waals surface area contributed by atoms with E-state index in [2.05, 4.69) is 41.4 Å². The molecule has 2 aliphatic rings. The third-order valence-corrected chi connectivity index (χ3v) is 5.89. The third kappa shape index (κ3) is 4.47. The van der Waals surface area contributed by atoms with Gasteiger partial charge in [-0.3, -0.25) is 9.79 Å². The first-order valence-corrected chi connectivity index (χ1v) is 10.7. The van der Waals surface area contributed by atoms with Gasteiger partial charge in [-0.15, -0.1) is 0 Å². The first-order chi connectivity index (χ1) is 14.3. The van der Waals surface area contributed by atoms with Crippen LogP contribution < -0.4 is 5.32 Å². The molecule has 1 amide bonds. The standard InChI is InChI=1S/C23H30N4O2/c1-2-24-23(25-17-19-9-5-8-18-7-3-4-10-20(18)19)27-14-12-26(13-15-27)22(28)21-11-6-16-29-21/h3-4,6-7,10-11,16,19H,2,5,8-9,12-15,17H2,1H3,(H,24,25). The Hall–Kier alpha value is -2.76. The topological polar surface area (TPSA) is 61.1 Å². The Morgan fingerprint density at radius 2 is 1.93 bits per heavy atom. The minimum Gasteiger partial charge on any atom is -0.459 e. The Balaban J connectivity index is 1.39. The van der Waals surface area contributed by atoms with Crippen LogP contribution in [0.4, 0.5) is 0 Å². The molecular weight excluding hydrogens is 364 g/mol. The maximum absolute atomic E-state index is 12.5. The first kappa shape index (κ1) is 19.6. The summed E-state index contributed by atoms with van der Waals surface area (Å²) in [6.45, 7) is 6.66. The van der Waals surface area contributed by atoms with Crippen LogP contribution in [-0.2, 0) is 6.42 Å². The average molecular weight is 395 g/mol. The highest BCUT2D eigenvalue weighted by Gasteiger charge is 2.26. The summed E-state index contributed by atoms with van der Waals surface area (Å²) in [4.78, 5) is 21.6. The molecule has 1 aliphatic carbocycles. The van der Waals surface area contributed by atoms with Gasteiger partial charge in [0, 0.05) is 45.2 Å². The van der Waals surface area contributed by atoms with Gasteiger partial charge in [0.2, 0.25) is 0 Å². The third-order valence-electron chi connectivity index (χ3n) is 5.89. The molecule has 1 unspecified atom stereocenters. The molecule has 2 aromatic rings. The maximum atomic E-state index is 12.5. The number of furan rings is 1. The number of carbonyl (C=O) groups excluding carboxylic acids is 1. The van der Waals surface area contributed by atoms with E-state index in [0.717, 1.165) is 32.1 Å². The number of benzene rings is 1. The summed E-state index contributed by atoms with van der Waals surface area (Å²) < 4.78 is 5.25. The molecule has 1 aliphatic heterocycles. The summed E-state index contributed by atoms with van der Waals surface area (Å²) in [6.07, 6.45) is 5.16. The predicted octanol–water partition coefficient (Wildman–Crippen LogP) is 3.12. The number of rotatable bonds is 4. The Bertz CT molecular complexity index is 838. The summed E-state index contributed by atoms with van der Waals surface area (Å²) >= 11 is 0. The molecule has 0 spiro atoms. The van der Waals surface area contributed by atoms with Crippen LogP contribution in [0.5, 0.6) is 0 Å². The zero-order valence-electron chi connectivity index (χ0n) is 17.1. The monoisotopic (exact) mass is 394 g/mol. The zero-order chi connectivity index (χ0) is 20.1. The number of hydrogen-bond donors (Lipinski definition) is 1. The molecule has 0 saturated carbocycles. The lowest BCUT2D eigenvalue weighted by Gasteiger charge is -2.36. The van der Waals surface area contributed by atoms with E-state index >= 15 is 0 Å². The van der Waals surface area contributed by atoms with Crippen molar-refractivity contribution in [3.63, 3.8) is 0 Å². The number of carbonyl (C=O) groups is 1. The van der Waals surface area contributed by atoms with E-state index in [1.165, 1.54) is 30.4 Å². The number of piperazine rings is 1. The molecule has 1 aromatic heterocycles. The van der Waals surface area contributed by atoms with E-state index in [1.807, 2.05) is 4.90 Å². The molecule has 1 fully saturated rings. The molecule has 2 heterocycles. The van der Waals surface area contributed by atoms with Crippen LogP contribution in [0, 0.1) is 0 Å². The highest BCUT2D eigenvalue weighted by molar-refractivity contribution is 5.91. The SMILES string of the molecule is CCNC(=NCC1CCCc2ccccc21)N1CCN(C(=O)c2ccco2)CC1. The summed E-state index contributed by atoms with van der Waals surface area (Å²) in [7, 11) is 0. The highest BCUT2D eigenvalue weighted by atomic mass is 16.3. The Morgan fingerprint density at radius 1 is 1.14 bits per heavy atom. The average Bonchev–Trinajstić information content (AvgIpc) is 3.31. The number of guanidine groups is 1.